The Hall–Kier alpha value is -2.11. The van der Waals surface area contributed by atoms with E-state index in [1.165, 1.54) is 13.3 Å². The van der Waals surface area contributed by atoms with Crippen LogP contribution in [0.15, 0.2) is 10.7 Å². The van der Waals surface area contributed by atoms with E-state index in [2.05, 4.69) is 10.1 Å². The molecule has 0 atom stereocenters. The minimum atomic E-state index is -0.401. The molecule has 0 aliphatic rings. The van der Waals surface area contributed by atoms with Crippen LogP contribution in [0.25, 0.3) is 0 Å². The van der Waals surface area contributed by atoms with Crippen molar-refractivity contribution >= 4 is 5.97 Å². The molecule has 0 saturated carbocycles. The lowest BCUT2D eigenvalue weighted by Gasteiger charge is -2.08. The maximum absolute atomic E-state index is 11.6. The van der Waals surface area contributed by atoms with Gasteiger partial charge in [0.15, 0.2) is 0 Å². The molecule has 18 heavy (non-hydrogen) atoms. The molecule has 0 N–H and O–H groups in total. The molecular weight excluding hydrogens is 234 g/mol. The normalized spacial score (nSPS) is 10.7. The Morgan fingerprint density at radius 2 is 2.17 bits per heavy atom. The van der Waals surface area contributed by atoms with E-state index in [-0.39, 0.29) is 0 Å². The first-order valence-electron chi connectivity index (χ1n) is 5.56. The Morgan fingerprint density at radius 3 is 2.72 bits per heavy atom. The van der Waals surface area contributed by atoms with E-state index < -0.39 is 5.97 Å². The fourth-order valence-corrected chi connectivity index (χ4v) is 1.82. The molecule has 2 aromatic rings. The summed E-state index contributed by atoms with van der Waals surface area (Å²) in [6.07, 6.45) is 1.51. The predicted molar refractivity (Wildman–Crippen MR) is 63.4 cm³/mol. The number of esters is 1. The van der Waals surface area contributed by atoms with Gasteiger partial charge in [-0.05, 0) is 20.8 Å². The molecule has 0 aliphatic heterocycles. The molecule has 6 nitrogen and oxygen atoms in total. The highest BCUT2D eigenvalue weighted by Crippen LogP contribution is 2.17. The molecule has 96 valence electrons. The number of imidazole rings is 1. The fraction of sp³-hybridized carbons (Fsp3) is 0.417. The van der Waals surface area contributed by atoms with E-state index >= 15 is 0 Å². The molecule has 0 saturated heterocycles. The number of rotatable bonds is 3. The molecule has 0 amide bonds. The van der Waals surface area contributed by atoms with E-state index in [9.17, 15) is 4.79 Å². The van der Waals surface area contributed by atoms with Crippen LogP contribution in [-0.4, -0.2) is 27.8 Å². The monoisotopic (exact) mass is 249 g/mol. The van der Waals surface area contributed by atoms with Crippen molar-refractivity contribution in [3.8, 4) is 0 Å². The number of aromatic nitrogens is 3. The van der Waals surface area contributed by atoms with Crippen molar-refractivity contribution in [2.45, 2.75) is 27.3 Å². The van der Waals surface area contributed by atoms with Gasteiger partial charge in [-0.15, -0.1) is 0 Å². The highest BCUT2D eigenvalue weighted by Gasteiger charge is 2.18. The van der Waals surface area contributed by atoms with Crippen molar-refractivity contribution in [1.29, 1.82) is 0 Å². The first kappa shape index (κ1) is 12.3. The maximum Gasteiger partial charge on any atom is 0.356 e. The van der Waals surface area contributed by atoms with Crippen LogP contribution in [0.1, 0.15) is 33.3 Å². The van der Waals surface area contributed by atoms with Gasteiger partial charge in [0.05, 0.1) is 25.5 Å². The Balaban J connectivity index is 2.40. The molecule has 0 unspecified atom stereocenters. The number of hydrogen-bond donors (Lipinski definition) is 0. The third-order valence-corrected chi connectivity index (χ3v) is 2.95. The van der Waals surface area contributed by atoms with E-state index in [1.54, 1.807) is 4.57 Å². The summed E-state index contributed by atoms with van der Waals surface area (Å²) >= 11 is 0. The third kappa shape index (κ3) is 2.01. The van der Waals surface area contributed by atoms with Crippen molar-refractivity contribution in [3.63, 3.8) is 0 Å². The minimum absolute atomic E-state index is 0.401. The molecule has 6 heteroatoms. The summed E-state index contributed by atoms with van der Waals surface area (Å²) < 4.78 is 11.6. The maximum atomic E-state index is 11.6. The summed E-state index contributed by atoms with van der Waals surface area (Å²) in [6, 6.07) is 0. The van der Waals surface area contributed by atoms with E-state index in [0.717, 1.165) is 22.8 Å². The highest BCUT2D eigenvalue weighted by molar-refractivity contribution is 5.87. The Labute approximate surface area is 105 Å². The second kappa shape index (κ2) is 4.64. The predicted octanol–water partition coefficient (Wildman–Crippen LogP) is 1.63. The lowest BCUT2D eigenvalue weighted by molar-refractivity contribution is 0.0588. The highest BCUT2D eigenvalue weighted by atomic mass is 16.5. The number of nitrogens with zero attached hydrogens (tertiary/aromatic N) is 3. The van der Waals surface area contributed by atoms with Crippen molar-refractivity contribution < 1.29 is 14.1 Å². The summed E-state index contributed by atoms with van der Waals surface area (Å²) in [5.74, 6) is 1.09. The summed E-state index contributed by atoms with van der Waals surface area (Å²) in [5, 5.41) is 3.90. The molecule has 0 radical (unpaired) electrons. The number of aryl methyl sites for hydroxylation is 3. The van der Waals surface area contributed by atoms with Gasteiger partial charge in [-0.3, -0.25) is 0 Å². The fourth-order valence-electron chi connectivity index (χ4n) is 1.82. The van der Waals surface area contributed by atoms with Gasteiger partial charge >= 0.3 is 5.97 Å². The Morgan fingerprint density at radius 1 is 1.44 bits per heavy atom. The molecule has 0 aromatic carbocycles. The SMILES string of the molecule is COC(=O)c1cnc(C)n1Cc1c(C)noc1C. The molecule has 0 fully saturated rings. The van der Waals surface area contributed by atoms with E-state index in [4.69, 9.17) is 9.26 Å². The zero-order chi connectivity index (χ0) is 13.3. The van der Waals surface area contributed by atoms with Crippen LogP contribution >= 0.6 is 0 Å². The standard InChI is InChI=1S/C12H15N3O3/c1-7-10(8(2)18-14-7)6-15-9(3)13-5-11(15)12(16)17-4/h5H,6H2,1-4H3. The van der Waals surface area contributed by atoms with Crippen LogP contribution in [0, 0.1) is 20.8 Å². The average molecular weight is 249 g/mol. The zero-order valence-corrected chi connectivity index (χ0v) is 10.9. The van der Waals surface area contributed by atoms with Crippen LogP contribution in [0.2, 0.25) is 0 Å². The van der Waals surface area contributed by atoms with Crippen LogP contribution in [0.4, 0.5) is 0 Å². The first-order valence-corrected chi connectivity index (χ1v) is 5.56. The van der Waals surface area contributed by atoms with Crippen LogP contribution in [-0.2, 0) is 11.3 Å². The summed E-state index contributed by atoms with van der Waals surface area (Å²) in [5.41, 5.74) is 2.20. The topological polar surface area (TPSA) is 70.2 Å². The van der Waals surface area contributed by atoms with Gasteiger partial charge in [-0.2, -0.15) is 0 Å². The third-order valence-electron chi connectivity index (χ3n) is 2.95. The average Bonchev–Trinajstić information content (AvgIpc) is 2.87. The molecular formula is C12H15N3O3. The van der Waals surface area contributed by atoms with Crippen molar-refractivity contribution in [2.75, 3.05) is 7.11 Å². The Kier molecular flexibility index (Phi) is 3.18. The van der Waals surface area contributed by atoms with Crippen LogP contribution in [0.5, 0.6) is 0 Å². The summed E-state index contributed by atoms with van der Waals surface area (Å²) in [4.78, 5) is 15.8. The molecule has 2 heterocycles. The van der Waals surface area contributed by atoms with Gasteiger partial charge in [0.25, 0.3) is 0 Å². The second-order valence-electron chi connectivity index (χ2n) is 4.07. The zero-order valence-electron chi connectivity index (χ0n) is 10.9. The molecule has 0 aliphatic carbocycles. The number of ether oxygens (including phenoxy) is 1. The second-order valence-corrected chi connectivity index (χ2v) is 4.07. The number of carbonyl (C=O) groups is 1. The molecule has 0 bridgehead atoms. The van der Waals surface area contributed by atoms with Gasteiger partial charge < -0.3 is 13.8 Å². The Bertz CT molecular complexity index is 564. The van der Waals surface area contributed by atoms with Crippen molar-refractivity contribution in [3.05, 3.63) is 34.7 Å². The van der Waals surface area contributed by atoms with Gasteiger partial charge in [-0.1, -0.05) is 5.16 Å². The van der Waals surface area contributed by atoms with Crippen molar-refractivity contribution in [2.24, 2.45) is 0 Å². The number of carbonyl (C=O) groups excluding carboxylic acids is 1. The van der Waals surface area contributed by atoms with Gasteiger partial charge in [-0.25, -0.2) is 9.78 Å². The number of methoxy groups -OCH3 is 1. The molecule has 2 rings (SSSR count). The summed E-state index contributed by atoms with van der Waals surface area (Å²) in [7, 11) is 1.35. The number of hydrogen-bond acceptors (Lipinski definition) is 5. The summed E-state index contributed by atoms with van der Waals surface area (Å²) in [6.45, 7) is 6.05. The molecule has 0 spiro atoms. The van der Waals surface area contributed by atoms with E-state index in [1.807, 2.05) is 20.8 Å². The largest absolute Gasteiger partial charge is 0.464 e. The van der Waals surface area contributed by atoms with Crippen LogP contribution in [0.3, 0.4) is 0 Å². The van der Waals surface area contributed by atoms with Crippen LogP contribution < -0.4 is 0 Å². The van der Waals surface area contributed by atoms with Crippen molar-refractivity contribution in [1.82, 2.24) is 14.7 Å². The van der Waals surface area contributed by atoms with E-state index in [0.29, 0.717) is 12.2 Å². The minimum Gasteiger partial charge on any atom is -0.464 e. The van der Waals surface area contributed by atoms with Gasteiger partial charge in [0.2, 0.25) is 0 Å². The lowest BCUT2D eigenvalue weighted by Crippen LogP contribution is -2.13. The smallest absolute Gasteiger partial charge is 0.356 e. The lowest BCUT2D eigenvalue weighted by atomic mass is 10.2. The molecule has 2 aromatic heterocycles. The first-order chi connectivity index (χ1) is 8.54. The van der Waals surface area contributed by atoms with Gasteiger partial charge in [0, 0.05) is 5.56 Å². The quantitative estimate of drug-likeness (QED) is 0.773. The van der Waals surface area contributed by atoms with Gasteiger partial charge in [0.1, 0.15) is 17.3 Å².